The molecule has 15 heteroatoms. The van der Waals surface area contributed by atoms with E-state index in [1.165, 1.54) is 36.7 Å². The first kappa shape index (κ1) is 31.3. The molecule has 1 aliphatic heterocycles. The lowest BCUT2D eigenvalue weighted by Crippen LogP contribution is -2.34. The number of non-ortho nitro benzene ring substituents is 1. The summed E-state index contributed by atoms with van der Waals surface area (Å²) in [5.41, 5.74) is 6.95. The number of ketones is 1. The summed E-state index contributed by atoms with van der Waals surface area (Å²) in [5.74, 6) is -3.18. The number of esters is 2. The molecule has 15 nitrogen and oxygen atoms in total. The number of aromatic nitrogens is 1. The zero-order valence-electron chi connectivity index (χ0n) is 22.8. The van der Waals surface area contributed by atoms with Crippen LogP contribution in [0.4, 0.5) is 5.69 Å². The van der Waals surface area contributed by atoms with Gasteiger partial charge in [0.1, 0.15) is 0 Å². The van der Waals surface area contributed by atoms with Gasteiger partial charge in [0.05, 0.1) is 47.8 Å². The van der Waals surface area contributed by atoms with Gasteiger partial charge >= 0.3 is 11.9 Å². The number of hydrogen-bond acceptors (Lipinski definition) is 13. The molecule has 0 saturated heterocycles. The van der Waals surface area contributed by atoms with Crippen LogP contribution in [0.15, 0.2) is 71.3 Å². The van der Waals surface area contributed by atoms with E-state index in [-0.39, 0.29) is 60.8 Å². The van der Waals surface area contributed by atoms with Crippen molar-refractivity contribution in [2.75, 3.05) is 19.8 Å². The van der Waals surface area contributed by atoms with E-state index in [4.69, 9.17) is 15.2 Å². The van der Waals surface area contributed by atoms with Crippen LogP contribution in [0.5, 0.6) is 0 Å². The number of ether oxygens (including phenoxy) is 2. The summed E-state index contributed by atoms with van der Waals surface area (Å²) in [6.07, 6.45) is 2.91. The number of nitro groups is 1. The van der Waals surface area contributed by atoms with E-state index < -0.39 is 33.9 Å². The fraction of sp³-hybridized carbons (Fsp3) is 0.333. The first-order valence-corrected chi connectivity index (χ1v) is 12.8. The molecule has 2 unspecified atom stereocenters. The Balaban J connectivity index is 1.83. The number of carbonyl (C=O) groups is 3. The Morgan fingerprint density at radius 3 is 2.26 bits per heavy atom. The van der Waals surface area contributed by atoms with Crippen LogP contribution < -0.4 is 11.1 Å². The van der Waals surface area contributed by atoms with E-state index in [1.54, 1.807) is 26.0 Å². The highest BCUT2D eigenvalue weighted by atomic mass is 16.9. The number of carbonyl (C=O) groups excluding carboxylic acids is 3. The van der Waals surface area contributed by atoms with Gasteiger partial charge < -0.3 is 25.4 Å². The minimum Gasteiger partial charge on any atom is -0.462 e. The van der Waals surface area contributed by atoms with Crippen LogP contribution >= 0.6 is 0 Å². The molecule has 0 saturated carbocycles. The number of nitro benzene ring substituents is 1. The summed E-state index contributed by atoms with van der Waals surface area (Å²) in [4.78, 5) is 68.5. The molecule has 0 fully saturated rings. The average Bonchev–Trinajstić information content (AvgIpc) is 2.96. The second-order valence-electron chi connectivity index (χ2n) is 9.17. The lowest BCUT2D eigenvalue weighted by Gasteiger charge is -2.30. The van der Waals surface area contributed by atoms with Gasteiger partial charge in [0, 0.05) is 54.3 Å². The first-order chi connectivity index (χ1) is 20.0. The monoisotopic (exact) mass is 583 g/mol. The predicted octanol–water partition coefficient (Wildman–Crippen LogP) is 2.51. The van der Waals surface area contributed by atoms with E-state index in [0.29, 0.717) is 17.0 Å². The van der Waals surface area contributed by atoms with E-state index in [9.17, 15) is 34.6 Å². The molecular weight excluding hydrogens is 554 g/mol. The molecule has 3 N–H and O–H groups in total. The van der Waals surface area contributed by atoms with Crippen molar-refractivity contribution in [1.82, 2.24) is 10.3 Å². The largest absolute Gasteiger partial charge is 0.462 e. The van der Waals surface area contributed by atoms with Gasteiger partial charge in [-0.1, -0.05) is 12.1 Å². The smallest absolute Gasteiger partial charge is 0.336 e. The minimum atomic E-state index is -1.12. The third-order valence-electron chi connectivity index (χ3n) is 6.28. The normalized spacial score (nSPS) is 15.4. The molecule has 0 spiro atoms. The third-order valence-corrected chi connectivity index (χ3v) is 6.28. The third kappa shape index (κ3) is 7.94. The van der Waals surface area contributed by atoms with Crippen molar-refractivity contribution in [2.45, 2.75) is 38.6 Å². The van der Waals surface area contributed by atoms with Crippen LogP contribution in [0.25, 0.3) is 0 Å². The van der Waals surface area contributed by atoms with Gasteiger partial charge in [0.2, 0.25) is 0 Å². The van der Waals surface area contributed by atoms with Crippen LogP contribution in [0.2, 0.25) is 0 Å². The van der Waals surface area contributed by atoms with Gasteiger partial charge in [-0.25, -0.2) is 9.59 Å². The van der Waals surface area contributed by atoms with E-state index >= 15 is 0 Å². The summed E-state index contributed by atoms with van der Waals surface area (Å²) < 4.78 is 10.8. The standard InChI is InChI=1S/C27H29N5O10/c1-16-22(26(34)40-11-5-12-42-32(38)39)24(18-6-3-8-20(14-18)31(36)37)23(17(2)30-16)27(35)41-13-9-21(28)25(33)19-7-4-10-29-15-19/h3-4,6-8,10,14-15,21,24,30H,5,9,11-13,28H2,1-2H3. The zero-order chi connectivity index (χ0) is 30.8. The average molecular weight is 584 g/mol. The van der Waals surface area contributed by atoms with Crippen molar-refractivity contribution in [1.29, 1.82) is 0 Å². The highest BCUT2D eigenvalue weighted by Gasteiger charge is 2.38. The summed E-state index contributed by atoms with van der Waals surface area (Å²) in [5, 5.41) is 23.8. The Hall–Kier alpha value is -5.18. The summed E-state index contributed by atoms with van der Waals surface area (Å²) in [7, 11) is 0. The van der Waals surface area contributed by atoms with Crippen LogP contribution in [0.1, 0.15) is 48.5 Å². The SMILES string of the molecule is CC1=C(C(=O)OCCCO[N+](=O)[O-])C(c2cccc([N+](=O)[O-])c2)C(C(=O)OCCC(N)C(=O)c2cccnc2)=C(C)N1. The first-order valence-electron chi connectivity index (χ1n) is 12.8. The van der Waals surface area contributed by atoms with Gasteiger partial charge in [-0.05, 0) is 31.5 Å². The van der Waals surface area contributed by atoms with E-state index in [0.717, 1.165) is 0 Å². The van der Waals surface area contributed by atoms with Crippen LogP contribution in [-0.2, 0) is 23.9 Å². The van der Waals surface area contributed by atoms with Crippen molar-refractivity contribution in [3.63, 3.8) is 0 Å². The fourth-order valence-corrected chi connectivity index (χ4v) is 4.34. The van der Waals surface area contributed by atoms with E-state index in [2.05, 4.69) is 15.1 Å². The van der Waals surface area contributed by atoms with Crippen molar-refractivity contribution >= 4 is 23.4 Å². The van der Waals surface area contributed by atoms with Gasteiger partial charge in [-0.2, -0.15) is 0 Å². The Bertz CT molecular complexity index is 1420. The number of pyridine rings is 1. The molecule has 3 rings (SSSR count). The Labute approximate surface area is 239 Å². The molecule has 0 bridgehead atoms. The second-order valence-corrected chi connectivity index (χ2v) is 9.17. The maximum absolute atomic E-state index is 13.4. The van der Waals surface area contributed by atoms with Crippen LogP contribution in [0, 0.1) is 20.2 Å². The summed E-state index contributed by atoms with van der Waals surface area (Å²) in [6, 6.07) is 7.64. The highest BCUT2D eigenvalue weighted by molar-refractivity contribution is 6.00. The molecule has 42 heavy (non-hydrogen) atoms. The summed E-state index contributed by atoms with van der Waals surface area (Å²) >= 11 is 0. The fourth-order valence-electron chi connectivity index (χ4n) is 4.34. The topological polar surface area (TPSA) is 216 Å². The Morgan fingerprint density at radius 1 is 1.00 bits per heavy atom. The van der Waals surface area contributed by atoms with E-state index in [1.807, 2.05) is 0 Å². The number of nitrogens with two attached hydrogens (primary N) is 1. The molecule has 2 aromatic rings. The predicted molar refractivity (Wildman–Crippen MR) is 145 cm³/mol. The van der Waals surface area contributed by atoms with Gasteiger partial charge in [-0.15, -0.1) is 10.1 Å². The second kappa shape index (κ2) is 14.5. The minimum absolute atomic E-state index is 0.00288. The van der Waals surface area contributed by atoms with Crippen molar-refractivity contribution < 1.29 is 38.7 Å². The van der Waals surface area contributed by atoms with Crippen molar-refractivity contribution in [3.8, 4) is 0 Å². The lowest BCUT2D eigenvalue weighted by atomic mass is 9.80. The highest BCUT2D eigenvalue weighted by Crippen LogP contribution is 2.40. The number of dihydropyridines is 1. The quantitative estimate of drug-likeness (QED) is 0.108. The van der Waals surface area contributed by atoms with Crippen LogP contribution in [0.3, 0.4) is 0 Å². The number of nitrogens with one attached hydrogen (secondary N) is 1. The number of Topliss-reactive ketones (excluding diaryl/α,β-unsaturated/α-hetero) is 1. The molecule has 1 aromatic heterocycles. The Kier molecular flexibility index (Phi) is 10.8. The van der Waals surface area contributed by atoms with Crippen LogP contribution in [-0.4, -0.2) is 58.6 Å². The maximum Gasteiger partial charge on any atom is 0.336 e. The molecule has 2 heterocycles. The number of benzene rings is 1. The maximum atomic E-state index is 13.4. The van der Waals surface area contributed by atoms with Gasteiger partial charge in [-0.3, -0.25) is 19.9 Å². The Morgan fingerprint density at radius 2 is 1.67 bits per heavy atom. The molecule has 222 valence electrons. The molecule has 1 aliphatic rings. The lowest BCUT2D eigenvalue weighted by molar-refractivity contribution is -0.757. The molecule has 0 aliphatic carbocycles. The van der Waals surface area contributed by atoms with Crippen molar-refractivity contribution in [2.24, 2.45) is 5.73 Å². The number of allylic oxidation sites excluding steroid dienone is 2. The van der Waals surface area contributed by atoms with Gasteiger partial charge in [0.15, 0.2) is 5.78 Å². The zero-order valence-corrected chi connectivity index (χ0v) is 22.8. The van der Waals surface area contributed by atoms with Gasteiger partial charge in [0.25, 0.3) is 10.8 Å². The number of hydrogen-bond donors (Lipinski definition) is 2. The summed E-state index contributed by atoms with van der Waals surface area (Å²) in [6.45, 7) is 2.40. The molecule has 0 radical (unpaired) electrons. The molecule has 1 aromatic carbocycles. The molecule has 0 amide bonds. The number of rotatable bonds is 14. The number of nitrogens with zero attached hydrogens (tertiary/aromatic N) is 3. The molecular formula is C27H29N5O10. The van der Waals surface area contributed by atoms with Crippen molar-refractivity contribution in [3.05, 3.63) is 103 Å². The molecule has 2 atom stereocenters.